The van der Waals surface area contributed by atoms with Gasteiger partial charge in [0.2, 0.25) is 15.9 Å². The lowest BCUT2D eigenvalue weighted by Gasteiger charge is -2.26. The third-order valence-corrected chi connectivity index (χ3v) is 8.70. The van der Waals surface area contributed by atoms with Crippen LogP contribution < -0.4 is 9.62 Å². The molecular formula is C20H22FN3O6S2. The number of halogens is 1. The van der Waals surface area contributed by atoms with Crippen LogP contribution in [0.15, 0.2) is 46.2 Å². The number of ether oxygens (including phenoxy) is 1. The van der Waals surface area contributed by atoms with Crippen LogP contribution in [0.2, 0.25) is 0 Å². The van der Waals surface area contributed by atoms with Crippen molar-refractivity contribution < 1.29 is 30.8 Å². The first-order valence-electron chi connectivity index (χ1n) is 9.91. The van der Waals surface area contributed by atoms with Crippen LogP contribution >= 0.6 is 0 Å². The fourth-order valence-electron chi connectivity index (χ4n) is 3.78. The molecule has 1 amide bonds. The summed E-state index contributed by atoms with van der Waals surface area (Å²) in [4.78, 5) is 12.6. The van der Waals surface area contributed by atoms with E-state index in [1.54, 1.807) is 11.0 Å². The van der Waals surface area contributed by atoms with Crippen LogP contribution in [0.3, 0.4) is 0 Å². The standard InChI is InChI=1S/C20H22FN3O6S2/c1-14(25)24-7-6-15-12-17(3-5-19(15)24)31(26,27)22-16-2-4-18(21)20(13-16)32(28,29)23-8-10-30-11-9-23/h2-5,12-13,22H,6-11H2,1H3. The van der Waals surface area contributed by atoms with Gasteiger partial charge in [0.05, 0.1) is 23.8 Å². The minimum atomic E-state index is -4.15. The van der Waals surface area contributed by atoms with Crippen molar-refractivity contribution in [1.82, 2.24) is 4.31 Å². The Labute approximate surface area is 185 Å². The molecule has 2 aromatic rings. The predicted octanol–water partition coefficient (Wildman–Crippen LogP) is 1.56. The first-order valence-corrected chi connectivity index (χ1v) is 12.8. The van der Waals surface area contributed by atoms with Gasteiger partial charge in [-0.3, -0.25) is 9.52 Å². The van der Waals surface area contributed by atoms with E-state index in [1.165, 1.54) is 19.1 Å². The van der Waals surface area contributed by atoms with E-state index in [0.29, 0.717) is 18.7 Å². The highest BCUT2D eigenvalue weighted by atomic mass is 32.2. The van der Waals surface area contributed by atoms with Crippen molar-refractivity contribution >= 4 is 37.3 Å². The fraction of sp³-hybridized carbons (Fsp3) is 0.350. The van der Waals surface area contributed by atoms with Crippen molar-refractivity contribution in [3.05, 3.63) is 47.8 Å². The van der Waals surface area contributed by atoms with E-state index in [9.17, 15) is 26.0 Å². The second-order valence-electron chi connectivity index (χ2n) is 7.48. The number of amides is 1. The van der Waals surface area contributed by atoms with Gasteiger partial charge < -0.3 is 9.64 Å². The topological polar surface area (TPSA) is 113 Å². The van der Waals surface area contributed by atoms with E-state index in [4.69, 9.17) is 4.74 Å². The second-order valence-corrected chi connectivity index (χ2v) is 11.1. The quantitative estimate of drug-likeness (QED) is 0.691. The largest absolute Gasteiger partial charge is 0.379 e. The molecule has 0 unspecified atom stereocenters. The molecule has 4 rings (SSSR count). The molecule has 0 aliphatic carbocycles. The first-order chi connectivity index (χ1) is 15.1. The summed E-state index contributed by atoms with van der Waals surface area (Å²) in [6.07, 6.45) is 0.525. The van der Waals surface area contributed by atoms with Gasteiger partial charge in [0.25, 0.3) is 10.0 Å². The van der Waals surface area contributed by atoms with E-state index >= 15 is 0 Å². The van der Waals surface area contributed by atoms with E-state index in [-0.39, 0.29) is 42.8 Å². The van der Waals surface area contributed by atoms with Crippen LogP contribution in [-0.2, 0) is 36.0 Å². The van der Waals surface area contributed by atoms with Crippen molar-refractivity contribution in [3.8, 4) is 0 Å². The van der Waals surface area contributed by atoms with Crippen LogP contribution in [-0.4, -0.2) is 59.9 Å². The number of sulfonamides is 2. The highest BCUT2D eigenvalue weighted by Crippen LogP contribution is 2.31. The maximum atomic E-state index is 14.4. The van der Waals surface area contributed by atoms with Crippen LogP contribution in [0.25, 0.3) is 0 Å². The fourth-order valence-corrected chi connectivity index (χ4v) is 6.38. The number of carbonyl (C=O) groups excluding carboxylic acids is 1. The van der Waals surface area contributed by atoms with Crippen molar-refractivity contribution in [3.63, 3.8) is 0 Å². The van der Waals surface area contributed by atoms with E-state index in [1.807, 2.05) is 0 Å². The zero-order chi connectivity index (χ0) is 23.1. The average Bonchev–Trinajstić information content (AvgIpc) is 3.19. The lowest BCUT2D eigenvalue weighted by atomic mass is 10.2. The maximum Gasteiger partial charge on any atom is 0.261 e. The number of morpholine rings is 1. The van der Waals surface area contributed by atoms with Gasteiger partial charge in [-0.1, -0.05) is 0 Å². The Bertz CT molecular complexity index is 1270. The third-order valence-electron chi connectivity index (χ3n) is 5.41. The van der Waals surface area contributed by atoms with Crippen molar-refractivity contribution in [2.45, 2.75) is 23.1 Å². The summed E-state index contributed by atoms with van der Waals surface area (Å²) in [7, 11) is -8.23. The van der Waals surface area contributed by atoms with Gasteiger partial charge in [0, 0.05) is 32.2 Å². The molecule has 32 heavy (non-hydrogen) atoms. The number of nitrogens with zero attached hydrogens (tertiary/aromatic N) is 2. The minimum Gasteiger partial charge on any atom is -0.379 e. The zero-order valence-corrected chi connectivity index (χ0v) is 18.9. The van der Waals surface area contributed by atoms with Gasteiger partial charge in [0.15, 0.2) is 0 Å². The highest BCUT2D eigenvalue weighted by Gasteiger charge is 2.30. The van der Waals surface area contributed by atoms with Crippen LogP contribution in [0.5, 0.6) is 0 Å². The summed E-state index contributed by atoms with van der Waals surface area (Å²) < 4.78 is 74.4. The monoisotopic (exact) mass is 483 g/mol. The molecule has 1 saturated heterocycles. The molecule has 0 spiro atoms. The Morgan fingerprint density at radius 3 is 2.44 bits per heavy atom. The Balaban J connectivity index is 1.62. The summed E-state index contributed by atoms with van der Waals surface area (Å²) in [6, 6.07) is 7.47. The molecule has 0 aromatic heterocycles. The molecule has 1 fully saturated rings. The molecule has 1 N–H and O–H groups in total. The molecule has 12 heteroatoms. The molecule has 0 saturated carbocycles. The van der Waals surface area contributed by atoms with Crippen molar-refractivity contribution in [1.29, 1.82) is 0 Å². The lowest BCUT2D eigenvalue weighted by molar-refractivity contribution is -0.116. The second kappa shape index (κ2) is 8.43. The summed E-state index contributed by atoms with van der Waals surface area (Å²) >= 11 is 0. The Hall–Kier alpha value is -2.54. The number of anilines is 2. The molecular weight excluding hydrogens is 461 g/mol. The summed E-state index contributed by atoms with van der Waals surface area (Å²) in [5, 5.41) is 0. The van der Waals surface area contributed by atoms with Gasteiger partial charge in [-0.15, -0.1) is 0 Å². The zero-order valence-electron chi connectivity index (χ0n) is 17.2. The number of fused-ring (bicyclic) bond motifs is 1. The average molecular weight is 484 g/mol. The van der Waals surface area contributed by atoms with Crippen molar-refractivity contribution in [2.24, 2.45) is 0 Å². The van der Waals surface area contributed by atoms with Gasteiger partial charge in [0.1, 0.15) is 10.7 Å². The molecule has 2 aromatic carbocycles. The number of hydrogen-bond acceptors (Lipinski definition) is 6. The lowest BCUT2D eigenvalue weighted by Crippen LogP contribution is -2.40. The Kier molecular flexibility index (Phi) is 5.96. The molecule has 172 valence electrons. The molecule has 2 heterocycles. The number of carbonyl (C=O) groups is 1. The summed E-state index contributed by atoms with van der Waals surface area (Å²) in [5.74, 6) is -1.10. The SMILES string of the molecule is CC(=O)N1CCc2cc(S(=O)(=O)Nc3ccc(F)c(S(=O)(=O)N4CCOCC4)c3)ccc21. The van der Waals surface area contributed by atoms with E-state index < -0.39 is 30.8 Å². The Morgan fingerprint density at radius 2 is 1.75 bits per heavy atom. The molecule has 2 aliphatic rings. The minimum absolute atomic E-state index is 0.0384. The number of nitrogens with one attached hydrogen (secondary N) is 1. The summed E-state index contributed by atoms with van der Waals surface area (Å²) in [6.45, 7) is 2.49. The van der Waals surface area contributed by atoms with Crippen LogP contribution in [0.1, 0.15) is 12.5 Å². The smallest absolute Gasteiger partial charge is 0.261 e. The molecule has 0 bridgehead atoms. The van der Waals surface area contributed by atoms with E-state index in [2.05, 4.69) is 4.72 Å². The van der Waals surface area contributed by atoms with Gasteiger partial charge >= 0.3 is 0 Å². The molecule has 0 atom stereocenters. The molecule has 2 aliphatic heterocycles. The van der Waals surface area contributed by atoms with Gasteiger partial charge in [-0.25, -0.2) is 21.2 Å². The normalized spacial score (nSPS) is 17.2. The molecule has 0 radical (unpaired) electrons. The number of rotatable bonds is 5. The summed E-state index contributed by atoms with van der Waals surface area (Å²) in [5.41, 5.74) is 1.30. The number of hydrogen-bond donors (Lipinski definition) is 1. The maximum absolute atomic E-state index is 14.4. The van der Waals surface area contributed by atoms with Crippen LogP contribution in [0.4, 0.5) is 15.8 Å². The van der Waals surface area contributed by atoms with Crippen molar-refractivity contribution in [2.75, 3.05) is 42.5 Å². The highest BCUT2D eigenvalue weighted by molar-refractivity contribution is 7.92. The van der Waals surface area contributed by atoms with E-state index in [0.717, 1.165) is 28.1 Å². The number of benzene rings is 2. The molecule has 9 nitrogen and oxygen atoms in total. The third kappa shape index (κ3) is 4.22. The predicted molar refractivity (Wildman–Crippen MR) is 115 cm³/mol. The van der Waals surface area contributed by atoms with Gasteiger partial charge in [-0.2, -0.15) is 4.31 Å². The van der Waals surface area contributed by atoms with Crippen LogP contribution in [0, 0.1) is 5.82 Å². The van der Waals surface area contributed by atoms with Gasteiger partial charge in [-0.05, 0) is 48.4 Å². The first kappa shape index (κ1) is 22.6. The Morgan fingerprint density at radius 1 is 1.03 bits per heavy atom.